The van der Waals surface area contributed by atoms with Gasteiger partial charge in [-0.2, -0.15) is 5.12 Å². The summed E-state index contributed by atoms with van der Waals surface area (Å²) in [6.45, 7) is 0. The molecule has 6 heavy (non-hydrogen) atoms. The molecule has 1 rings (SSSR count). The second-order valence-electron chi connectivity index (χ2n) is 1.68. The van der Waals surface area contributed by atoms with Gasteiger partial charge in [0.2, 0.25) is 0 Å². The molecule has 0 aromatic carbocycles. The van der Waals surface area contributed by atoms with E-state index in [-0.39, 0.29) is 0 Å². The van der Waals surface area contributed by atoms with Crippen LogP contribution in [0, 0.1) is 0 Å². The quantitative estimate of drug-likeness (QED) is 0.325. The molecule has 3 nitrogen and oxygen atoms in total. The van der Waals surface area contributed by atoms with E-state index in [0.29, 0.717) is 6.04 Å². The van der Waals surface area contributed by atoms with Gasteiger partial charge in [0.05, 0.1) is 0 Å². The Balaban J connectivity index is 2.13. The summed E-state index contributed by atoms with van der Waals surface area (Å²) in [4.78, 5) is 0. The Hall–Kier alpha value is -0.120. The summed E-state index contributed by atoms with van der Waals surface area (Å²) in [6, 6.07) is 0.491. The van der Waals surface area contributed by atoms with Crippen LogP contribution >= 0.6 is 0 Å². The van der Waals surface area contributed by atoms with Gasteiger partial charge in [-0.25, -0.2) is 0 Å². The Labute approximate surface area is 36.8 Å². The minimum absolute atomic E-state index is 0.491. The largest absolute Gasteiger partial charge is 0.255 e. The molecule has 1 saturated carbocycles. The topological polar surface area (TPSA) is 55.3 Å². The predicted octanol–water partition coefficient (Wildman–Crippen LogP) is -0.802. The van der Waals surface area contributed by atoms with Crippen LogP contribution < -0.4 is 11.7 Å². The molecular formula is C3H9N3. The van der Waals surface area contributed by atoms with Gasteiger partial charge in [0.1, 0.15) is 0 Å². The molecular weight excluding hydrogens is 78.1 g/mol. The summed E-state index contributed by atoms with van der Waals surface area (Å²) in [5.41, 5.74) is 0. The van der Waals surface area contributed by atoms with E-state index in [9.17, 15) is 0 Å². The van der Waals surface area contributed by atoms with Crippen LogP contribution in [0.15, 0.2) is 0 Å². The third kappa shape index (κ3) is 0.680. The number of hydrogen-bond donors (Lipinski definition) is 2. The van der Waals surface area contributed by atoms with Crippen molar-refractivity contribution in [3.05, 3.63) is 0 Å². The summed E-state index contributed by atoms with van der Waals surface area (Å²) in [5, 5.41) is 1.28. The van der Waals surface area contributed by atoms with Crippen LogP contribution in [-0.4, -0.2) is 11.2 Å². The second kappa shape index (κ2) is 1.18. The van der Waals surface area contributed by atoms with Gasteiger partial charge < -0.3 is 0 Å². The maximum atomic E-state index is 5.11. The van der Waals surface area contributed by atoms with Crippen molar-refractivity contribution in [2.75, 3.05) is 0 Å². The predicted molar refractivity (Wildman–Crippen MR) is 23.2 cm³/mol. The number of hydrazine groups is 2. The van der Waals surface area contributed by atoms with E-state index >= 15 is 0 Å². The zero-order valence-electron chi connectivity index (χ0n) is 3.59. The van der Waals surface area contributed by atoms with Crippen molar-refractivity contribution < 1.29 is 0 Å². The zero-order chi connectivity index (χ0) is 4.57. The van der Waals surface area contributed by atoms with Crippen LogP contribution in [0.3, 0.4) is 0 Å². The third-order valence-corrected chi connectivity index (χ3v) is 0.969. The second-order valence-corrected chi connectivity index (χ2v) is 1.68. The summed E-state index contributed by atoms with van der Waals surface area (Å²) < 4.78 is 0. The van der Waals surface area contributed by atoms with E-state index in [4.69, 9.17) is 11.7 Å². The first-order chi connectivity index (χ1) is 2.80. The first kappa shape index (κ1) is 4.05. The van der Waals surface area contributed by atoms with Crippen LogP contribution in [0.5, 0.6) is 0 Å². The molecule has 0 saturated heterocycles. The van der Waals surface area contributed by atoms with Crippen LogP contribution in [0.25, 0.3) is 0 Å². The van der Waals surface area contributed by atoms with Crippen molar-refractivity contribution in [1.29, 1.82) is 0 Å². The van der Waals surface area contributed by atoms with Crippen molar-refractivity contribution in [2.45, 2.75) is 18.9 Å². The van der Waals surface area contributed by atoms with Crippen molar-refractivity contribution in [2.24, 2.45) is 11.7 Å². The molecule has 0 amide bonds. The number of nitrogens with two attached hydrogens (primary N) is 2. The van der Waals surface area contributed by atoms with Crippen molar-refractivity contribution in [1.82, 2.24) is 5.12 Å². The van der Waals surface area contributed by atoms with Gasteiger partial charge in [0.15, 0.2) is 0 Å². The van der Waals surface area contributed by atoms with E-state index < -0.39 is 0 Å². The molecule has 0 aromatic rings. The van der Waals surface area contributed by atoms with Gasteiger partial charge in [-0.1, -0.05) is 0 Å². The van der Waals surface area contributed by atoms with E-state index in [2.05, 4.69) is 0 Å². The molecule has 0 aromatic heterocycles. The smallest absolute Gasteiger partial charge is 0.0396 e. The van der Waals surface area contributed by atoms with Gasteiger partial charge in [-0.15, -0.1) is 0 Å². The molecule has 1 aliphatic rings. The monoisotopic (exact) mass is 87.1 g/mol. The lowest BCUT2D eigenvalue weighted by atomic mass is 10.7. The SMILES string of the molecule is NN(N)C1CC1. The summed E-state index contributed by atoms with van der Waals surface area (Å²) >= 11 is 0. The molecule has 0 spiro atoms. The summed E-state index contributed by atoms with van der Waals surface area (Å²) in [5.74, 6) is 10.2. The van der Waals surface area contributed by atoms with E-state index in [1.54, 1.807) is 0 Å². The normalized spacial score (nSPS) is 22.5. The van der Waals surface area contributed by atoms with Gasteiger partial charge in [0.25, 0.3) is 0 Å². The van der Waals surface area contributed by atoms with Gasteiger partial charge in [-0.05, 0) is 12.8 Å². The number of nitrogens with zero attached hydrogens (tertiary/aromatic N) is 1. The number of rotatable bonds is 1. The van der Waals surface area contributed by atoms with Gasteiger partial charge in [-0.3, -0.25) is 11.7 Å². The van der Waals surface area contributed by atoms with Gasteiger partial charge >= 0.3 is 0 Å². The van der Waals surface area contributed by atoms with E-state index in [1.165, 1.54) is 18.0 Å². The Morgan fingerprint density at radius 1 is 1.33 bits per heavy atom. The first-order valence-electron chi connectivity index (χ1n) is 2.09. The van der Waals surface area contributed by atoms with Crippen LogP contribution in [-0.2, 0) is 0 Å². The number of hydrogen-bond acceptors (Lipinski definition) is 3. The average molecular weight is 87.1 g/mol. The fraction of sp³-hybridized carbons (Fsp3) is 1.00. The molecule has 1 aliphatic carbocycles. The fourth-order valence-corrected chi connectivity index (χ4v) is 0.373. The molecule has 4 N–H and O–H groups in total. The first-order valence-corrected chi connectivity index (χ1v) is 2.09. The lowest BCUT2D eigenvalue weighted by Gasteiger charge is -2.03. The zero-order valence-corrected chi connectivity index (χ0v) is 3.59. The van der Waals surface area contributed by atoms with Gasteiger partial charge in [0, 0.05) is 6.04 Å². The molecule has 3 heteroatoms. The van der Waals surface area contributed by atoms with E-state index in [1.807, 2.05) is 0 Å². The standard InChI is InChI=1S/C3H9N3/c4-6(5)3-1-2-3/h3H,1-2,4-5H2. The molecule has 0 bridgehead atoms. The highest BCUT2D eigenvalue weighted by atomic mass is 15.6. The minimum Gasteiger partial charge on any atom is -0.255 e. The minimum atomic E-state index is 0.491. The highest BCUT2D eigenvalue weighted by Gasteiger charge is 2.24. The third-order valence-electron chi connectivity index (χ3n) is 0.969. The Morgan fingerprint density at radius 3 is 1.83 bits per heavy atom. The van der Waals surface area contributed by atoms with Crippen molar-refractivity contribution in [3.63, 3.8) is 0 Å². The van der Waals surface area contributed by atoms with Crippen LogP contribution in [0.4, 0.5) is 0 Å². The van der Waals surface area contributed by atoms with Crippen molar-refractivity contribution >= 4 is 0 Å². The molecule has 0 radical (unpaired) electrons. The maximum absolute atomic E-state index is 5.11. The highest BCUT2D eigenvalue weighted by molar-refractivity contribution is 4.77. The summed E-state index contributed by atoms with van der Waals surface area (Å²) in [7, 11) is 0. The van der Waals surface area contributed by atoms with Crippen molar-refractivity contribution in [3.8, 4) is 0 Å². The fourth-order valence-electron chi connectivity index (χ4n) is 0.373. The molecule has 0 atom stereocenters. The lowest BCUT2D eigenvalue weighted by molar-refractivity contribution is 0.283. The highest BCUT2D eigenvalue weighted by Crippen LogP contribution is 2.21. The average Bonchev–Trinajstić information content (AvgIpc) is 2.06. The molecule has 0 aliphatic heterocycles. The molecule has 1 fully saturated rings. The maximum Gasteiger partial charge on any atom is 0.0396 e. The molecule has 0 unspecified atom stereocenters. The van der Waals surface area contributed by atoms with E-state index in [0.717, 1.165) is 0 Å². The summed E-state index contributed by atoms with van der Waals surface area (Å²) in [6.07, 6.45) is 2.35. The molecule has 36 valence electrons. The van der Waals surface area contributed by atoms with Crippen LogP contribution in [0.1, 0.15) is 12.8 Å². The Kier molecular flexibility index (Phi) is 0.799. The Morgan fingerprint density at radius 2 is 1.83 bits per heavy atom. The molecule has 0 heterocycles. The lowest BCUT2D eigenvalue weighted by Crippen LogP contribution is -2.39. The van der Waals surface area contributed by atoms with Crippen LogP contribution in [0.2, 0.25) is 0 Å². The Bertz CT molecular complexity index is 48.0.